The minimum Gasteiger partial charge on any atom is -0.454 e. The average molecular weight is 429 g/mol. The first-order valence-corrected chi connectivity index (χ1v) is 9.80. The predicted molar refractivity (Wildman–Crippen MR) is 108 cm³/mol. The van der Waals surface area contributed by atoms with E-state index in [9.17, 15) is 4.79 Å². The van der Waals surface area contributed by atoms with E-state index in [1.807, 2.05) is 29.2 Å². The Balaban J connectivity index is 1.28. The molecule has 4 rings (SSSR count). The van der Waals surface area contributed by atoms with E-state index in [0.29, 0.717) is 0 Å². The molecule has 140 valence electrons. The molecule has 27 heavy (non-hydrogen) atoms. The van der Waals surface area contributed by atoms with E-state index in [4.69, 9.17) is 9.47 Å². The lowest BCUT2D eigenvalue weighted by Crippen LogP contribution is -2.47. The first kappa shape index (κ1) is 18.1. The van der Waals surface area contributed by atoms with E-state index < -0.39 is 0 Å². The average Bonchev–Trinajstić information content (AvgIpc) is 3.16. The summed E-state index contributed by atoms with van der Waals surface area (Å²) in [5.41, 5.74) is 2.22. The summed E-state index contributed by atoms with van der Waals surface area (Å²) in [6, 6.07) is 14.1. The number of ether oxygens (including phenoxy) is 2. The van der Waals surface area contributed by atoms with Crippen molar-refractivity contribution >= 4 is 27.9 Å². The second-order valence-electron chi connectivity index (χ2n) is 6.67. The van der Waals surface area contributed by atoms with Gasteiger partial charge in [-0.3, -0.25) is 9.69 Å². The van der Waals surface area contributed by atoms with Gasteiger partial charge in [-0.25, -0.2) is 0 Å². The van der Waals surface area contributed by atoms with Crippen molar-refractivity contribution in [2.75, 3.05) is 33.0 Å². The molecule has 0 bridgehead atoms. The van der Waals surface area contributed by atoms with Crippen LogP contribution >= 0.6 is 15.9 Å². The zero-order valence-electron chi connectivity index (χ0n) is 14.9. The van der Waals surface area contributed by atoms with E-state index >= 15 is 0 Å². The molecule has 0 spiro atoms. The Morgan fingerprint density at radius 3 is 2.52 bits per heavy atom. The molecule has 0 aliphatic carbocycles. The van der Waals surface area contributed by atoms with Crippen LogP contribution in [-0.4, -0.2) is 48.7 Å². The van der Waals surface area contributed by atoms with Gasteiger partial charge in [0.15, 0.2) is 11.5 Å². The van der Waals surface area contributed by atoms with Gasteiger partial charge in [-0.2, -0.15) is 0 Å². The lowest BCUT2D eigenvalue weighted by Gasteiger charge is -2.34. The molecular formula is C21H21BrN2O3. The quantitative estimate of drug-likeness (QED) is 0.698. The van der Waals surface area contributed by atoms with Gasteiger partial charge >= 0.3 is 0 Å². The van der Waals surface area contributed by atoms with Gasteiger partial charge in [0.1, 0.15) is 0 Å². The molecule has 0 atom stereocenters. The van der Waals surface area contributed by atoms with Crippen molar-refractivity contribution in [2.45, 2.75) is 6.54 Å². The van der Waals surface area contributed by atoms with Crippen molar-refractivity contribution < 1.29 is 14.3 Å². The normalized spacial score (nSPS) is 16.9. The molecule has 1 fully saturated rings. The number of benzene rings is 2. The van der Waals surface area contributed by atoms with E-state index in [2.05, 4.69) is 45.1 Å². The number of piperazine rings is 1. The minimum absolute atomic E-state index is 0.0518. The van der Waals surface area contributed by atoms with Gasteiger partial charge in [0.05, 0.1) is 0 Å². The predicted octanol–water partition coefficient (Wildman–Crippen LogP) is 3.54. The van der Waals surface area contributed by atoms with Crippen molar-refractivity contribution in [3.05, 3.63) is 64.1 Å². The van der Waals surface area contributed by atoms with Crippen LogP contribution in [0.1, 0.15) is 11.1 Å². The highest BCUT2D eigenvalue weighted by atomic mass is 79.9. The van der Waals surface area contributed by atoms with Crippen LogP contribution in [0.3, 0.4) is 0 Å². The molecule has 2 aromatic rings. The van der Waals surface area contributed by atoms with Crippen molar-refractivity contribution in [1.29, 1.82) is 0 Å². The van der Waals surface area contributed by atoms with Crippen LogP contribution < -0.4 is 9.47 Å². The van der Waals surface area contributed by atoms with Crippen LogP contribution in [0.15, 0.2) is 53.0 Å². The Kier molecular flexibility index (Phi) is 5.45. The Hall–Kier alpha value is -2.31. The maximum Gasteiger partial charge on any atom is 0.246 e. The molecule has 2 heterocycles. The van der Waals surface area contributed by atoms with E-state index in [1.165, 1.54) is 5.56 Å². The summed E-state index contributed by atoms with van der Waals surface area (Å²) in [6.45, 7) is 4.45. The molecule has 0 aromatic heterocycles. The fraction of sp³-hybridized carbons (Fsp3) is 0.286. The van der Waals surface area contributed by atoms with Gasteiger partial charge in [0, 0.05) is 43.3 Å². The molecule has 0 saturated carbocycles. The molecule has 2 aromatic carbocycles. The topological polar surface area (TPSA) is 42.0 Å². The van der Waals surface area contributed by atoms with Crippen molar-refractivity contribution in [2.24, 2.45) is 0 Å². The highest BCUT2D eigenvalue weighted by molar-refractivity contribution is 9.10. The number of hydrogen-bond acceptors (Lipinski definition) is 4. The third-order valence-corrected chi connectivity index (χ3v) is 5.35. The second kappa shape index (κ2) is 8.15. The number of rotatable bonds is 4. The molecule has 0 radical (unpaired) electrons. The molecule has 0 N–H and O–H groups in total. The Morgan fingerprint density at radius 1 is 1.00 bits per heavy atom. The van der Waals surface area contributed by atoms with Gasteiger partial charge in [-0.1, -0.05) is 34.1 Å². The van der Waals surface area contributed by atoms with Crippen LogP contribution in [0.5, 0.6) is 11.5 Å². The molecule has 1 saturated heterocycles. The van der Waals surface area contributed by atoms with Crippen molar-refractivity contribution in [3.63, 3.8) is 0 Å². The summed E-state index contributed by atoms with van der Waals surface area (Å²) in [6.07, 6.45) is 3.47. The molecule has 5 nitrogen and oxygen atoms in total. The molecule has 2 aliphatic heterocycles. The van der Waals surface area contributed by atoms with Crippen LogP contribution in [0, 0.1) is 0 Å². The molecular weight excluding hydrogens is 408 g/mol. The smallest absolute Gasteiger partial charge is 0.246 e. The molecule has 2 aliphatic rings. The zero-order chi connectivity index (χ0) is 18.6. The van der Waals surface area contributed by atoms with E-state index in [-0.39, 0.29) is 12.7 Å². The van der Waals surface area contributed by atoms with Crippen LogP contribution in [0.4, 0.5) is 0 Å². The minimum atomic E-state index is 0.0518. The highest BCUT2D eigenvalue weighted by Gasteiger charge is 2.19. The number of halogens is 1. The Morgan fingerprint density at radius 2 is 1.74 bits per heavy atom. The van der Waals surface area contributed by atoms with Crippen LogP contribution in [0.25, 0.3) is 6.08 Å². The SMILES string of the molecule is O=C(C=Cc1ccc2c(c1)OCO2)N1CCN(Cc2ccc(Br)cc2)CC1. The highest BCUT2D eigenvalue weighted by Crippen LogP contribution is 2.32. The standard InChI is InChI=1S/C21H21BrN2O3/c22-18-5-1-17(2-6-18)14-23-9-11-24(12-10-23)21(25)8-4-16-3-7-19-20(13-16)27-15-26-19/h1-8,13H,9-12,14-15H2. The zero-order valence-corrected chi connectivity index (χ0v) is 16.5. The third-order valence-electron chi connectivity index (χ3n) is 4.82. The maximum absolute atomic E-state index is 12.5. The van der Waals surface area contributed by atoms with E-state index in [0.717, 1.165) is 54.3 Å². The summed E-state index contributed by atoms with van der Waals surface area (Å²) in [7, 11) is 0. The van der Waals surface area contributed by atoms with Crippen LogP contribution in [0.2, 0.25) is 0 Å². The molecule has 1 amide bonds. The second-order valence-corrected chi connectivity index (χ2v) is 7.59. The maximum atomic E-state index is 12.5. The summed E-state index contributed by atoms with van der Waals surface area (Å²) in [5.74, 6) is 1.53. The first-order valence-electron chi connectivity index (χ1n) is 9.01. The Bertz CT molecular complexity index is 843. The van der Waals surface area contributed by atoms with Crippen molar-refractivity contribution in [1.82, 2.24) is 9.80 Å². The summed E-state index contributed by atoms with van der Waals surface area (Å²) in [5, 5.41) is 0. The number of fused-ring (bicyclic) bond motifs is 1. The number of hydrogen-bond donors (Lipinski definition) is 0. The molecule has 0 unspecified atom stereocenters. The molecule has 6 heteroatoms. The van der Waals surface area contributed by atoms with Gasteiger partial charge < -0.3 is 14.4 Å². The number of amides is 1. The number of carbonyl (C=O) groups is 1. The summed E-state index contributed by atoms with van der Waals surface area (Å²) >= 11 is 3.46. The van der Waals surface area contributed by atoms with Crippen molar-refractivity contribution in [3.8, 4) is 11.5 Å². The fourth-order valence-electron chi connectivity index (χ4n) is 3.26. The third kappa shape index (κ3) is 4.51. The monoisotopic (exact) mass is 428 g/mol. The number of carbonyl (C=O) groups excluding carboxylic acids is 1. The largest absolute Gasteiger partial charge is 0.454 e. The Labute approximate surface area is 167 Å². The van der Waals surface area contributed by atoms with Crippen LogP contribution in [-0.2, 0) is 11.3 Å². The van der Waals surface area contributed by atoms with E-state index in [1.54, 1.807) is 6.08 Å². The van der Waals surface area contributed by atoms with Gasteiger partial charge in [-0.15, -0.1) is 0 Å². The summed E-state index contributed by atoms with van der Waals surface area (Å²) < 4.78 is 11.8. The fourth-order valence-corrected chi connectivity index (χ4v) is 3.53. The first-order chi connectivity index (χ1) is 13.2. The lowest BCUT2D eigenvalue weighted by atomic mass is 10.1. The number of nitrogens with zero attached hydrogens (tertiary/aromatic N) is 2. The lowest BCUT2D eigenvalue weighted by molar-refractivity contribution is -0.127. The van der Waals surface area contributed by atoms with Gasteiger partial charge in [0.2, 0.25) is 12.7 Å². The van der Waals surface area contributed by atoms with Gasteiger partial charge in [-0.05, 0) is 41.5 Å². The summed E-state index contributed by atoms with van der Waals surface area (Å²) in [4.78, 5) is 16.8. The van der Waals surface area contributed by atoms with Gasteiger partial charge in [0.25, 0.3) is 0 Å².